The van der Waals surface area contributed by atoms with Gasteiger partial charge >= 0.3 is 0 Å². The molecule has 2 saturated carbocycles. The average Bonchev–Trinajstić information content (AvgIpc) is 2.87. The number of hydrogen-bond acceptors (Lipinski definition) is 4. The molecule has 2 aliphatic carbocycles. The first-order chi connectivity index (χ1) is 9.18. The van der Waals surface area contributed by atoms with Crippen LogP contribution < -0.4 is 0 Å². The lowest BCUT2D eigenvalue weighted by molar-refractivity contribution is 0.181. The Balaban J connectivity index is 1.85. The number of hydrogen-bond donors (Lipinski definition) is 0. The van der Waals surface area contributed by atoms with Crippen molar-refractivity contribution in [2.75, 3.05) is 13.1 Å². The monoisotopic (exact) mass is 262 g/mol. The fraction of sp³-hybridized carbons (Fsp3) is 0.867. The molecule has 0 aromatic rings. The summed E-state index contributed by atoms with van der Waals surface area (Å²) in [5.74, 6) is 2.27. The lowest BCUT2D eigenvalue weighted by atomic mass is 9.73. The van der Waals surface area contributed by atoms with Gasteiger partial charge in [0.1, 0.15) is 0 Å². The Morgan fingerprint density at radius 1 is 1.00 bits per heavy atom. The summed E-state index contributed by atoms with van der Waals surface area (Å²) in [5, 5.41) is 0. The number of fused-ring (bicyclic) bond motifs is 2. The average molecular weight is 262 g/mol. The summed E-state index contributed by atoms with van der Waals surface area (Å²) >= 11 is 0. The van der Waals surface area contributed by atoms with Crippen LogP contribution in [-0.4, -0.2) is 25.2 Å². The summed E-state index contributed by atoms with van der Waals surface area (Å²) in [6, 6.07) is 0. The first-order valence-corrected chi connectivity index (χ1v) is 7.26. The van der Waals surface area contributed by atoms with Crippen LogP contribution in [0.5, 0.6) is 0 Å². The largest absolute Gasteiger partial charge is 0.234 e. The number of rotatable bonds is 7. The normalized spacial score (nSPS) is 35.7. The van der Waals surface area contributed by atoms with Crippen molar-refractivity contribution in [2.24, 2.45) is 33.2 Å². The first-order valence-electron chi connectivity index (χ1n) is 7.26. The maximum atomic E-state index is 10.1. The van der Waals surface area contributed by atoms with Crippen LogP contribution in [0, 0.1) is 23.2 Å². The molecule has 4 nitrogen and oxygen atoms in total. The minimum atomic E-state index is 0.499. The van der Waals surface area contributed by atoms with E-state index in [1.165, 1.54) is 25.7 Å². The molecule has 0 saturated heterocycles. The zero-order valence-electron chi connectivity index (χ0n) is 11.6. The molecular weight excluding hydrogens is 240 g/mol. The Morgan fingerprint density at radius 3 is 2.26 bits per heavy atom. The van der Waals surface area contributed by atoms with Gasteiger partial charge in [0.25, 0.3) is 0 Å². The molecule has 0 radical (unpaired) electrons. The van der Waals surface area contributed by atoms with E-state index in [9.17, 15) is 9.59 Å². The van der Waals surface area contributed by atoms with E-state index in [2.05, 4.69) is 16.9 Å². The maximum absolute atomic E-state index is 10.1. The SMILES string of the molecule is CC12CC(CCCN=C=O)C(C1)C(CCN=C=O)C2. The third-order valence-corrected chi connectivity index (χ3v) is 5.04. The molecule has 0 N–H and O–H groups in total. The molecule has 2 fully saturated rings. The van der Waals surface area contributed by atoms with Gasteiger partial charge in [-0.15, -0.1) is 0 Å². The second-order valence-electron chi connectivity index (χ2n) is 6.48. The summed E-state index contributed by atoms with van der Waals surface area (Å²) in [6.07, 6.45) is 10.3. The third-order valence-electron chi connectivity index (χ3n) is 5.04. The summed E-state index contributed by atoms with van der Waals surface area (Å²) in [7, 11) is 0. The van der Waals surface area contributed by atoms with Gasteiger partial charge in [-0.3, -0.25) is 0 Å². The molecule has 104 valence electrons. The van der Waals surface area contributed by atoms with Gasteiger partial charge in [0.15, 0.2) is 0 Å². The molecule has 2 aliphatic rings. The second-order valence-corrected chi connectivity index (χ2v) is 6.48. The van der Waals surface area contributed by atoms with Gasteiger partial charge < -0.3 is 0 Å². The topological polar surface area (TPSA) is 58.9 Å². The Labute approximate surface area is 114 Å². The number of carbonyl (C=O) groups excluding carboxylic acids is 2. The number of nitrogens with zero attached hydrogens (tertiary/aromatic N) is 2. The van der Waals surface area contributed by atoms with E-state index in [1.54, 1.807) is 12.2 Å². The number of aliphatic imine (C=N–C) groups is 2. The van der Waals surface area contributed by atoms with E-state index >= 15 is 0 Å². The van der Waals surface area contributed by atoms with E-state index in [1.807, 2.05) is 0 Å². The lowest BCUT2D eigenvalue weighted by Crippen LogP contribution is -2.24. The van der Waals surface area contributed by atoms with Gasteiger partial charge in [0.05, 0.1) is 13.1 Å². The minimum absolute atomic E-state index is 0.499. The zero-order chi connectivity index (χ0) is 13.7. The Bertz CT molecular complexity index is 406. The highest BCUT2D eigenvalue weighted by Crippen LogP contribution is 2.61. The van der Waals surface area contributed by atoms with Gasteiger partial charge in [-0.1, -0.05) is 6.92 Å². The highest BCUT2D eigenvalue weighted by molar-refractivity contribution is 5.33. The molecule has 0 amide bonds. The Morgan fingerprint density at radius 2 is 1.63 bits per heavy atom. The van der Waals surface area contributed by atoms with Crippen LogP contribution in [0.15, 0.2) is 9.98 Å². The van der Waals surface area contributed by atoms with Crippen LogP contribution in [0.2, 0.25) is 0 Å². The second kappa shape index (κ2) is 6.27. The summed E-state index contributed by atoms with van der Waals surface area (Å²) in [4.78, 5) is 27.5. The quantitative estimate of drug-likeness (QED) is 0.402. The van der Waals surface area contributed by atoms with Crippen molar-refractivity contribution in [3.8, 4) is 0 Å². The van der Waals surface area contributed by atoms with Crippen molar-refractivity contribution in [3.05, 3.63) is 0 Å². The molecular formula is C15H22N2O2. The molecule has 0 aliphatic heterocycles. The van der Waals surface area contributed by atoms with Crippen LogP contribution >= 0.6 is 0 Å². The third kappa shape index (κ3) is 3.40. The van der Waals surface area contributed by atoms with Crippen LogP contribution in [0.1, 0.15) is 45.4 Å². The van der Waals surface area contributed by atoms with Gasteiger partial charge in [-0.25, -0.2) is 19.6 Å². The van der Waals surface area contributed by atoms with Crippen molar-refractivity contribution < 1.29 is 9.59 Å². The molecule has 4 unspecified atom stereocenters. The maximum Gasteiger partial charge on any atom is 0.234 e. The summed E-state index contributed by atoms with van der Waals surface area (Å²) < 4.78 is 0. The minimum Gasteiger partial charge on any atom is -0.211 e. The van der Waals surface area contributed by atoms with E-state index < -0.39 is 0 Å². The zero-order valence-corrected chi connectivity index (χ0v) is 11.6. The van der Waals surface area contributed by atoms with E-state index in [0.29, 0.717) is 18.5 Å². The molecule has 4 heteroatoms. The molecule has 0 spiro atoms. The van der Waals surface area contributed by atoms with Crippen LogP contribution in [-0.2, 0) is 9.59 Å². The summed E-state index contributed by atoms with van der Waals surface area (Å²) in [6.45, 7) is 3.64. The van der Waals surface area contributed by atoms with Crippen molar-refractivity contribution in [1.29, 1.82) is 0 Å². The molecule has 19 heavy (non-hydrogen) atoms. The van der Waals surface area contributed by atoms with Crippen LogP contribution in [0.3, 0.4) is 0 Å². The van der Waals surface area contributed by atoms with Crippen LogP contribution in [0.25, 0.3) is 0 Å². The fourth-order valence-electron chi connectivity index (χ4n) is 4.49. The first kappa shape index (κ1) is 14.2. The molecule has 0 aromatic carbocycles. The van der Waals surface area contributed by atoms with Gasteiger partial charge in [-0.05, 0) is 61.7 Å². The molecule has 0 aromatic heterocycles. The Kier molecular flexibility index (Phi) is 4.68. The van der Waals surface area contributed by atoms with Gasteiger partial charge in [0, 0.05) is 0 Å². The molecule has 4 atom stereocenters. The van der Waals surface area contributed by atoms with Crippen molar-refractivity contribution in [1.82, 2.24) is 0 Å². The molecule has 0 heterocycles. The molecule has 2 bridgehead atoms. The van der Waals surface area contributed by atoms with E-state index in [4.69, 9.17) is 0 Å². The predicted octanol–water partition coefficient (Wildman–Crippen LogP) is 2.88. The highest BCUT2D eigenvalue weighted by atomic mass is 16.1. The van der Waals surface area contributed by atoms with E-state index in [0.717, 1.165) is 30.6 Å². The highest BCUT2D eigenvalue weighted by Gasteiger charge is 2.51. The van der Waals surface area contributed by atoms with Crippen molar-refractivity contribution >= 4 is 12.2 Å². The standard InChI is InChI=1S/C15H22N2O2/c1-15-7-12(3-2-5-16-10-18)14(9-15)13(8-15)4-6-17-11-19/h12-14H,2-9H2,1H3. The smallest absolute Gasteiger partial charge is 0.211 e. The van der Waals surface area contributed by atoms with Crippen LogP contribution in [0.4, 0.5) is 0 Å². The molecule has 2 rings (SSSR count). The van der Waals surface area contributed by atoms with Gasteiger partial charge in [-0.2, -0.15) is 0 Å². The van der Waals surface area contributed by atoms with Crippen molar-refractivity contribution in [2.45, 2.75) is 45.4 Å². The van der Waals surface area contributed by atoms with Gasteiger partial charge in [0.2, 0.25) is 12.2 Å². The number of isocyanates is 2. The predicted molar refractivity (Wildman–Crippen MR) is 72.3 cm³/mol. The van der Waals surface area contributed by atoms with E-state index in [-0.39, 0.29) is 0 Å². The Hall–Kier alpha value is -1.24. The lowest BCUT2D eigenvalue weighted by Gasteiger charge is -2.32. The fourth-order valence-corrected chi connectivity index (χ4v) is 4.49. The van der Waals surface area contributed by atoms with Crippen molar-refractivity contribution in [3.63, 3.8) is 0 Å². The summed E-state index contributed by atoms with van der Waals surface area (Å²) in [5.41, 5.74) is 0.499.